The molecule has 0 bridgehead atoms. The molecule has 2 aromatic rings. The van der Waals surface area contributed by atoms with Gasteiger partial charge in [-0.15, -0.1) is 0 Å². The van der Waals surface area contributed by atoms with E-state index < -0.39 is 18.0 Å². The van der Waals surface area contributed by atoms with Gasteiger partial charge in [-0.3, -0.25) is 15.4 Å². The highest BCUT2D eigenvalue weighted by Crippen LogP contribution is 2.28. The fraction of sp³-hybridized carbons (Fsp3) is 0.300. The van der Waals surface area contributed by atoms with Gasteiger partial charge < -0.3 is 10.1 Å². The van der Waals surface area contributed by atoms with Crippen molar-refractivity contribution in [3.05, 3.63) is 65.2 Å². The average Bonchev–Trinajstić information content (AvgIpc) is 2.66. The van der Waals surface area contributed by atoms with Gasteiger partial charge in [0.15, 0.2) is 0 Å². The first-order valence-corrected chi connectivity index (χ1v) is 8.44. The first kappa shape index (κ1) is 19.5. The lowest BCUT2D eigenvalue weighted by Crippen LogP contribution is -2.44. The molecule has 0 spiro atoms. The highest BCUT2D eigenvalue weighted by Gasteiger charge is 2.25. The Morgan fingerprint density at radius 2 is 1.77 bits per heavy atom. The van der Waals surface area contributed by atoms with Gasteiger partial charge in [-0.05, 0) is 25.5 Å². The molecule has 0 saturated heterocycles. The van der Waals surface area contributed by atoms with E-state index in [9.17, 15) is 9.59 Å². The van der Waals surface area contributed by atoms with Crippen LogP contribution >= 0.6 is 0 Å². The van der Waals surface area contributed by atoms with Crippen molar-refractivity contribution in [2.75, 3.05) is 14.2 Å². The van der Waals surface area contributed by atoms with Crippen molar-refractivity contribution in [2.45, 2.75) is 25.9 Å². The number of amides is 3. The molecule has 0 aliphatic carbocycles. The van der Waals surface area contributed by atoms with Gasteiger partial charge in [0.2, 0.25) is 5.91 Å². The Morgan fingerprint density at radius 1 is 1.08 bits per heavy atom. The van der Waals surface area contributed by atoms with E-state index in [0.29, 0.717) is 0 Å². The molecule has 0 heterocycles. The maximum absolute atomic E-state index is 12.6. The van der Waals surface area contributed by atoms with Crippen LogP contribution in [0.15, 0.2) is 48.5 Å². The van der Waals surface area contributed by atoms with Gasteiger partial charge in [-0.1, -0.05) is 48.0 Å². The van der Waals surface area contributed by atoms with Crippen molar-refractivity contribution < 1.29 is 14.3 Å². The first-order chi connectivity index (χ1) is 12.5. The van der Waals surface area contributed by atoms with Crippen molar-refractivity contribution in [2.24, 2.45) is 0 Å². The van der Waals surface area contributed by atoms with Crippen LogP contribution in [-0.2, 0) is 4.79 Å². The summed E-state index contributed by atoms with van der Waals surface area (Å²) in [6.07, 6.45) is 0. The summed E-state index contributed by atoms with van der Waals surface area (Å²) < 4.78 is 5.45. The summed E-state index contributed by atoms with van der Waals surface area (Å²) in [7, 11) is 3.08. The van der Waals surface area contributed by atoms with E-state index >= 15 is 0 Å². The second kappa shape index (κ2) is 9.01. The second-order valence-corrected chi connectivity index (χ2v) is 6.05. The Hall–Kier alpha value is -2.86. The SMILES string of the molecule is CNC(=O)NC(=O)[C@@H](N[C@@H](C)c1cc(C)ccc1OC)c1ccccc1. The van der Waals surface area contributed by atoms with Gasteiger partial charge in [0.05, 0.1) is 7.11 Å². The van der Waals surface area contributed by atoms with Gasteiger partial charge in [0, 0.05) is 18.7 Å². The van der Waals surface area contributed by atoms with Gasteiger partial charge >= 0.3 is 6.03 Å². The van der Waals surface area contributed by atoms with Crippen LogP contribution in [0.4, 0.5) is 4.79 Å². The predicted molar refractivity (Wildman–Crippen MR) is 101 cm³/mol. The third-order valence-corrected chi connectivity index (χ3v) is 4.13. The molecule has 0 fully saturated rings. The second-order valence-electron chi connectivity index (χ2n) is 6.05. The monoisotopic (exact) mass is 355 g/mol. The number of rotatable bonds is 6. The fourth-order valence-corrected chi connectivity index (χ4v) is 2.75. The zero-order valence-corrected chi connectivity index (χ0v) is 15.5. The summed E-state index contributed by atoms with van der Waals surface area (Å²) in [5, 5.41) is 8.05. The molecule has 6 heteroatoms. The predicted octanol–water partition coefficient (Wildman–Crippen LogP) is 2.85. The van der Waals surface area contributed by atoms with Crippen LogP contribution in [-0.4, -0.2) is 26.1 Å². The van der Waals surface area contributed by atoms with E-state index in [4.69, 9.17) is 4.74 Å². The van der Waals surface area contributed by atoms with Crippen LogP contribution in [0.2, 0.25) is 0 Å². The molecule has 2 rings (SSSR count). The number of benzene rings is 2. The summed E-state index contributed by atoms with van der Waals surface area (Å²) in [6.45, 7) is 3.96. The fourth-order valence-electron chi connectivity index (χ4n) is 2.75. The molecule has 2 aromatic carbocycles. The van der Waals surface area contributed by atoms with Crippen molar-refractivity contribution >= 4 is 11.9 Å². The van der Waals surface area contributed by atoms with E-state index in [-0.39, 0.29) is 6.04 Å². The normalized spacial score (nSPS) is 12.8. The molecule has 2 atom stereocenters. The number of methoxy groups -OCH3 is 1. The molecule has 0 aromatic heterocycles. The topological polar surface area (TPSA) is 79.5 Å². The number of hydrogen-bond donors (Lipinski definition) is 3. The number of carbonyl (C=O) groups excluding carboxylic acids is 2. The number of hydrogen-bond acceptors (Lipinski definition) is 4. The maximum atomic E-state index is 12.6. The summed E-state index contributed by atoms with van der Waals surface area (Å²) in [6, 6.07) is 13.8. The largest absolute Gasteiger partial charge is 0.496 e. The molecule has 3 amide bonds. The zero-order chi connectivity index (χ0) is 19.1. The summed E-state index contributed by atoms with van der Waals surface area (Å²) in [5.74, 6) is 0.322. The van der Waals surface area contributed by atoms with Crippen molar-refractivity contribution in [1.29, 1.82) is 0 Å². The molecule has 3 N–H and O–H groups in total. The van der Waals surface area contributed by atoms with Crippen molar-refractivity contribution in [3.8, 4) is 5.75 Å². The number of nitrogens with one attached hydrogen (secondary N) is 3. The van der Waals surface area contributed by atoms with E-state index in [1.165, 1.54) is 7.05 Å². The number of urea groups is 1. The standard InChI is InChI=1S/C20H25N3O3/c1-13-10-11-17(26-4)16(12-13)14(2)22-18(15-8-6-5-7-9-15)19(24)23-20(25)21-3/h5-12,14,18,22H,1-4H3,(H2,21,23,24,25)/t14-,18-/m0/s1. The number of ether oxygens (including phenoxy) is 1. The third kappa shape index (κ3) is 4.83. The summed E-state index contributed by atoms with van der Waals surface area (Å²) >= 11 is 0. The molecule has 6 nitrogen and oxygen atoms in total. The third-order valence-electron chi connectivity index (χ3n) is 4.13. The van der Waals surface area contributed by atoms with Crippen LogP contribution < -0.4 is 20.7 Å². The minimum Gasteiger partial charge on any atom is -0.496 e. The summed E-state index contributed by atoms with van der Waals surface area (Å²) in [4.78, 5) is 24.2. The van der Waals surface area contributed by atoms with E-state index in [2.05, 4.69) is 16.0 Å². The minimum absolute atomic E-state index is 0.175. The van der Waals surface area contributed by atoms with Crippen LogP contribution in [0.1, 0.15) is 35.7 Å². The van der Waals surface area contributed by atoms with Gasteiger partial charge in [-0.25, -0.2) is 4.79 Å². The Kier molecular flexibility index (Phi) is 6.74. The van der Waals surface area contributed by atoms with Crippen LogP contribution in [0, 0.1) is 6.92 Å². The lowest BCUT2D eigenvalue weighted by Gasteiger charge is -2.24. The molecule has 0 aliphatic rings. The maximum Gasteiger partial charge on any atom is 0.321 e. The molecule has 26 heavy (non-hydrogen) atoms. The Balaban J connectivity index is 2.30. The Labute approximate surface area is 153 Å². The lowest BCUT2D eigenvalue weighted by atomic mass is 10.0. The molecule has 138 valence electrons. The smallest absolute Gasteiger partial charge is 0.321 e. The van der Waals surface area contributed by atoms with Gasteiger partial charge in [-0.2, -0.15) is 0 Å². The average molecular weight is 355 g/mol. The molecule has 0 radical (unpaired) electrons. The molecular weight excluding hydrogens is 330 g/mol. The number of imide groups is 1. The highest BCUT2D eigenvalue weighted by atomic mass is 16.5. The van der Waals surface area contributed by atoms with E-state index in [1.54, 1.807) is 7.11 Å². The molecule has 0 saturated carbocycles. The first-order valence-electron chi connectivity index (χ1n) is 8.44. The van der Waals surface area contributed by atoms with Crippen molar-refractivity contribution in [3.63, 3.8) is 0 Å². The van der Waals surface area contributed by atoms with E-state index in [1.807, 2.05) is 62.4 Å². The van der Waals surface area contributed by atoms with Crippen LogP contribution in [0.25, 0.3) is 0 Å². The summed E-state index contributed by atoms with van der Waals surface area (Å²) in [5.41, 5.74) is 2.81. The lowest BCUT2D eigenvalue weighted by molar-refractivity contribution is -0.122. The van der Waals surface area contributed by atoms with Gasteiger partial charge in [0.1, 0.15) is 11.8 Å². The highest BCUT2D eigenvalue weighted by molar-refractivity contribution is 5.97. The number of carbonyl (C=O) groups is 2. The van der Waals surface area contributed by atoms with Crippen LogP contribution in [0.3, 0.4) is 0 Å². The molecule has 0 aliphatic heterocycles. The van der Waals surface area contributed by atoms with Gasteiger partial charge in [0.25, 0.3) is 0 Å². The quantitative estimate of drug-likeness (QED) is 0.744. The van der Waals surface area contributed by atoms with E-state index in [0.717, 1.165) is 22.4 Å². The minimum atomic E-state index is -0.686. The Bertz CT molecular complexity index is 762. The Morgan fingerprint density at radius 3 is 2.38 bits per heavy atom. The molecule has 0 unspecified atom stereocenters. The van der Waals surface area contributed by atoms with Crippen LogP contribution in [0.5, 0.6) is 5.75 Å². The zero-order valence-electron chi connectivity index (χ0n) is 15.5. The molecular formula is C20H25N3O3. The number of aryl methyl sites for hydroxylation is 1. The van der Waals surface area contributed by atoms with Crippen molar-refractivity contribution in [1.82, 2.24) is 16.0 Å².